The minimum Gasteiger partial charge on any atom is -1.00 e. The summed E-state index contributed by atoms with van der Waals surface area (Å²) < 4.78 is 8.61. The second kappa shape index (κ2) is 14.0. The Kier molecular flexibility index (Phi) is 10.2. The van der Waals surface area contributed by atoms with Gasteiger partial charge in [0.25, 0.3) is 5.69 Å². The van der Waals surface area contributed by atoms with Crippen molar-refractivity contribution in [3.05, 3.63) is 147 Å². The molecular weight excluding hydrogens is 634 g/mol. The Morgan fingerprint density at radius 3 is 2.24 bits per heavy atom. The molecule has 3 aromatic carbocycles. The molecule has 0 saturated carbocycles. The molecule has 0 spiro atoms. The summed E-state index contributed by atoms with van der Waals surface area (Å²) in [5.41, 5.74) is 9.15. The van der Waals surface area contributed by atoms with Crippen molar-refractivity contribution in [2.45, 2.75) is 71.6 Å². The van der Waals surface area contributed by atoms with Crippen molar-refractivity contribution in [3.8, 4) is 0 Å². The Bertz CT molecular complexity index is 1950. The number of nitro groups is 1. The number of fused-ring (bicyclic) bond motifs is 2. The summed E-state index contributed by atoms with van der Waals surface area (Å²) in [5, 5.41) is 11.2. The van der Waals surface area contributed by atoms with Crippen LogP contribution in [0.25, 0.3) is 0 Å². The Balaban J connectivity index is 0.00000468. The Labute approximate surface area is 295 Å². The summed E-state index contributed by atoms with van der Waals surface area (Å²) in [7, 11) is 0. The van der Waals surface area contributed by atoms with Crippen LogP contribution in [0.3, 0.4) is 0 Å². The number of allylic oxidation sites excluding steroid dienone is 7. The summed E-state index contributed by atoms with van der Waals surface area (Å²) in [6, 6.07) is 22.7. The number of non-ortho nitro benzene ring substituents is 1. The maximum Gasteiger partial charge on any atom is 0.343 e. The second-order valence-electron chi connectivity index (χ2n) is 13.6. The van der Waals surface area contributed by atoms with Crippen LogP contribution in [0.4, 0.5) is 17.1 Å². The molecule has 3 aliphatic rings. The monoisotopic (exact) mass is 677 g/mol. The molecule has 3 aromatic rings. The summed E-state index contributed by atoms with van der Waals surface area (Å²) in [6.45, 7) is 15.0. The van der Waals surface area contributed by atoms with Crippen LogP contribution < -0.4 is 17.3 Å². The highest BCUT2D eigenvalue weighted by Crippen LogP contribution is 2.47. The first-order valence-electron chi connectivity index (χ1n) is 16.9. The summed E-state index contributed by atoms with van der Waals surface area (Å²) >= 11 is 0. The van der Waals surface area contributed by atoms with Gasteiger partial charge in [-0.2, -0.15) is 4.58 Å². The van der Waals surface area contributed by atoms with Crippen molar-refractivity contribution in [2.24, 2.45) is 0 Å². The van der Waals surface area contributed by atoms with Crippen molar-refractivity contribution in [1.29, 1.82) is 0 Å². The summed E-state index contributed by atoms with van der Waals surface area (Å²) in [6.07, 6.45) is 11.1. The van der Waals surface area contributed by atoms with Crippen molar-refractivity contribution in [1.82, 2.24) is 0 Å². The molecule has 8 heteroatoms. The van der Waals surface area contributed by atoms with Crippen LogP contribution >= 0.6 is 0 Å². The van der Waals surface area contributed by atoms with Crippen molar-refractivity contribution in [3.63, 3.8) is 0 Å². The van der Waals surface area contributed by atoms with Gasteiger partial charge in [-0.3, -0.25) is 10.1 Å². The van der Waals surface area contributed by atoms with E-state index in [0.717, 1.165) is 43.5 Å². The second-order valence-corrected chi connectivity index (χ2v) is 13.6. The number of anilines is 1. The van der Waals surface area contributed by atoms with Crippen molar-refractivity contribution < 1.29 is 31.4 Å². The average Bonchev–Trinajstić information content (AvgIpc) is 3.45. The third kappa shape index (κ3) is 6.40. The van der Waals surface area contributed by atoms with Crippen molar-refractivity contribution in [2.75, 3.05) is 18.0 Å². The molecule has 0 amide bonds. The molecular formula is C41H44ClN3O4. The van der Waals surface area contributed by atoms with Gasteiger partial charge in [-0.25, -0.2) is 4.79 Å². The molecule has 0 atom stereocenters. The molecule has 0 unspecified atom stereocenters. The third-order valence-corrected chi connectivity index (χ3v) is 10.1. The summed E-state index contributed by atoms with van der Waals surface area (Å²) in [4.78, 5) is 26.7. The predicted octanol–water partition coefficient (Wildman–Crippen LogP) is 6.47. The van der Waals surface area contributed by atoms with Gasteiger partial charge < -0.3 is 22.0 Å². The molecule has 0 saturated heterocycles. The number of carbonyl (C=O) groups is 1. The molecule has 6 rings (SSSR count). The number of rotatable bonds is 8. The topological polar surface area (TPSA) is 75.7 Å². The van der Waals surface area contributed by atoms with E-state index in [1.54, 1.807) is 0 Å². The van der Waals surface area contributed by atoms with E-state index < -0.39 is 10.9 Å². The van der Waals surface area contributed by atoms with Crippen LogP contribution in [0.2, 0.25) is 0 Å². The predicted molar refractivity (Wildman–Crippen MR) is 192 cm³/mol. The molecule has 2 heterocycles. The zero-order valence-corrected chi connectivity index (χ0v) is 29.9. The highest BCUT2D eigenvalue weighted by Gasteiger charge is 2.43. The Morgan fingerprint density at radius 1 is 0.898 bits per heavy atom. The number of ether oxygens (including phenoxy) is 1. The lowest BCUT2D eigenvalue weighted by Crippen LogP contribution is -3.00. The molecule has 2 aliphatic heterocycles. The van der Waals surface area contributed by atoms with Gasteiger partial charge in [0.15, 0.2) is 5.71 Å². The fourth-order valence-electron chi connectivity index (χ4n) is 7.54. The van der Waals surface area contributed by atoms with E-state index in [-0.39, 0.29) is 34.5 Å². The molecule has 7 nitrogen and oxygen atoms in total. The standard InChI is InChI=1S/C41H44N3O4.ClH/c1-7-42-34-18-11-9-16-32(34)40(3,4)36(42)26-22-28-14-13-15-29(38(28)48-39(45)30-20-24-31(25-21-30)44(46)47)23-27-37-41(5,6)33-17-10-12-19-35(33)43(37)8-2;/h9-12,16-27H,7-8,13-15H2,1-6H3;1H/q+1;/p-1. The van der Waals surface area contributed by atoms with E-state index in [1.165, 1.54) is 58.2 Å². The number of esters is 1. The largest absolute Gasteiger partial charge is 1.00 e. The van der Waals surface area contributed by atoms with E-state index in [2.05, 4.69) is 124 Å². The highest BCUT2D eigenvalue weighted by molar-refractivity contribution is 6.03. The first kappa shape index (κ1) is 35.6. The molecule has 0 N–H and O–H groups in total. The van der Waals surface area contributed by atoms with E-state index in [1.807, 2.05) is 0 Å². The Morgan fingerprint density at radius 2 is 1.57 bits per heavy atom. The number of nitro benzene ring substituents is 1. The number of benzene rings is 3. The lowest BCUT2D eigenvalue weighted by Gasteiger charge is -2.26. The minimum atomic E-state index is -0.536. The zero-order chi connectivity index (χ0) is 34.2. The van der Waals surface area contributed by atoms with Gasteiger partial charge in [0.1, 0.15) is 12.3 Å². The first-order valence-corrected chi connectivity index (χ1v) is 16.9. The molecule has 1 aliphatic carbocycles. The number of para-hydroxylation sites is 2. The van der Waals surface area contributed by atoms with E-state index >= 15 is 0 Å². The molecule has 0 radical (unpaired) electrons. The third-order valence-electron chi connectivity index (χ3n) is 10.1. The number of hydrogen-bond acceptors (Lipinski definition) is 5. The Hall–Kier alpha value is -4.75. The first-order chi connectivity index (χ1) is 23.0. The quantitative estimate of drug-likeness (QED) is 0.118. The summed E-state index contributed by atoms with van der Waals surface area (Å²) in [5.74, 6) is 0.0255. The number of halogens is 1. The molecule has 0 bridgehead atoms. The minimum absolute atomic E-state index is 0. The lowest BCUT2D eigenvalue weighted by atomic mass is 9.81. The van der Waals surface area contributed by atoms with E-state index in [4.69, 9.17) is 4.74 Å². The van der Waals surface area contributed by atoms with Gasteiger partial charge >= 0.3 is 5.97 Å². The van der Waals surface area contributed by atoms with Gasteiger partial charge in [-0.05, 0) is 94.0 Å². The van der Waals surface area contributed by atoms with Crippen LogP contribution in [0.5, 0.6) is 0 Å². The number of likely N-dealkylation sites (N-methyl/N-ethyl adjacent to an activating group) is 1. The van der Waals surface area contributed by atoms with Gasteiger partial charge in [0, 0.05) is 53.2 Å². The molecule has 0 aromatic heterocycles. The van der Waals surface area contributed by atoms with Crippen LogP contribution in [0.1, 0.15) is 82.3 Å². The SMILES string of the molecule is CCN1/C(=C\C=C2\CCCC(/C=C/C3=[N+](CC)c4ccccc4C3(C)C)=C2OC(=O)c2ccc([N+](=O)[O-])cc2)C(C)(C)c2ccccc21.[Cl-]. The van der Waals surface area contributed by atoms with Gasteiger partial charge in [0.2, 0.25) is 5.69 Å². The average molecular weight is 678 g/mol. The lowest BCUT2D eigenvalue weighted by molar-refractivity contribution is -0.433. The van der Waals surface area contributed by atoms with Crippen LogP contribution in [-0.4, -0.2) is 34.3 Å². The fraction of sp³-hybridized carbons (Fsp3) is 0.317. The highest BCUT2D eigenvalue weighted by atomic mass is 35.5. The number of carbonyl (C=O) groups excluding carboxylic acids is 1. The normalized spacial score (nSPS) is 19.3. The van der Waals surface area contributed by atoms with Gasteiger partial charge in [-0.1, -0.05) is 56.3 Å². The van der Waals surface area contributed by atoms with Crippen LogP contribution in [-0.2, 0) is 15.6 Å². The van der Waals surface area contributed by atoms with Crippen LogP contribution in [0.15, 0.2) is 120 Å². The number of hydrogen-bond donors (Lipinski definition) is 0. The van der Waals surface area contributed by atoms with Crippen LogP contribution in [0, 0.1) is 10.1 Å². The van der Waals surface area contributed by atoms with Crippen molar-refractivity contribution >= 4 is 28.7 Å². The van der Waals surface area contributed by atoms with Gasteiger partial charge in [0.05, 0.1) is 15.9 Å². The van der Waals surface area contributed by atoms with E-state index in [0.29, 0.717) is 5.76 Å². The van der Waals surface area contributed by atoms with Gasteiger partial charge in [-0.15, -0.1) is 0 Å². The fourth-order valence-corrected chi connectivity index (χ4v) is 7.54. The molecule has 0 fully saturated rings. The zero-order valence-electron chi connectivity index (χ0n) is 29.1. The van der Waals surface area contributed by atoms with E-state index in [9.17, 15) is 14.9 Å². The molecule has 49 heavy (non-hydrogen) atoms. The maximum atomic E-state index is 13.6. The molecule has 254 valence electrons. The number of nitrogens with zero attached hydrogens (tertiary/aromatic N) is 3. The maximum absolute atomic E-state index is 13.6. The smallest absolute Gasteiger partial charge is 0.343 e.